The Labute approximate surface area is 177 Å². The van der Waals surface area contributed by atoms with Crippen molar-refractivity contribution < 1.29 is 4.79 Å². The molecule has 1 aromatic carbocycles. The smallest absolute Gasteiger partial charge is 0.280 e. The van der Waals surface area contributed by atoms with Gasteiger partial charge in [0.25, 0.3) is 5.91 Å². The third-order valence-corrected chi connectivity index (χ3v) is 7.47. The van der Waals surface area contributed by atoms with Gasteiger partial charge in [-0.25, -0.2) is 9.98 Å². The van der Waals surface area contributed by atoms with Gasteiger partial charge in [0.05, 0.1) is 12.1 Å². The molecule has 4 aliphatic rings. The molecule has 2 aliphatic carbocycles. The molecule has 2 saturated carbocycles. The molecule has 6 nitrogen and oxygen atoms in total. The molecule has 0 saturated heterocycles. The predicted molar refractivity (Wildman–Crippen MR) is 117 cm³/mol. The Hall–Kier alpha value is -2.63. The SMILES string of the molecule is CN1C(=O)c2c(nc(CC3CCCC3)n2Cc2ccccc2)N2C1=N[C@@H]1CCC[C@@H]12. The molecule has 6 rings (SSSR count). The van der Waals surface area contributed by atoms with E-state index in [1.165, 1.54) is 37.7 Å². The Bertz CT molecular complexity index is 1000. The lowest BCUT2D eigenvalue weighted by Gasteiger charge is -2.34. The lowest BCUT2D eigenvalue weighted by Crippen LogP contribution is -2.51. The van der Waals surface area contributed by atoms with E-state index in [1.54, 1.807) is 4.90 Å². The number of benzene rings is 1. The van der Waals surface area contributed by atoms with Gasteiger partial charge in [-0.05, 0) is 30.7 Å². The number of hydrogen-bond acceptors (Lipinski definition) is 4. The molecular weight excluding hydrogens is 374 g/mol. The van der Waals surface area contributed by atoms with Crippen molar-refractivity contribution in [3.63, 3.8) is 0 Å². The minimum atomic E-state index is 0.0288. The first kappa shape index (κ1) is 18.2. The number of imidazole rings is 1. The number of guanidine groups is 1. The number of carbonyl (C=O) groups is 1. The van der Waals surface area contributed by atoms with E-state index >= 15 is 0 Å². The van der Waals surface area contributed by atoms with E-state index in [-0.39, 0.29) is 5.91 Å². The van der Waals surface area contributed by atoms with Crippen molar-refractivity contribution in [1.82, 2.24) is 14.5 Å². The first-order chi connectivity index (χ1) is 14.7. The van der Waals surface area contributed by atoms with Gasteiger partial charge in [0, 0.05) is 20.0 Å². The molecule has 2 aliphatic heterocycles. The molecule has 1 amide bonds. The minimum Gasteiger partial charge on any atom is -0.318 e. The summed E-state index contributed by atoms with van der Waals surface area (Å²) in [6, 6.07) is 11.1. The second kappa shape index (κ2) is 6.96. The molecule has 2 atom stereocenters. The standard InChI is InChI=1S/C24H29N5O/c1-27-23(30)21-22(29-19-13-7-12-18(19)25-24(27)29)26-20(14-16-8-5-6-9-16)28(21)15-17-10-3-2-4-11-17/h2-4,10-11,16,18-19H,5-9,12-15H2,1H3/t18-,19+/m1/s1. The number of rotatable bonds is 4. The Balaban J connectivity index is 1.47. The second-order valence-electron chi connectivity index (χ2n) is 9.36. The fraction of sp³-hybridized carbons (Fsp3) is 0.542. The first-order valence-corrected chi connectivity index (χ1v) is 11.5. The number of anilines is 1. The van der Waals surface area contributed by atoms with Crippen LogP contribution in [0.3, 0.4) is 0 Å². The summed E-state index contributed by atoms with van der Waals surface area (Å²) in [5.74, 6) is 3.44. The Morgan fingerprint density at radius 2 is 1.83 bits per heavy atom. The number of aromatic nitrogens is 2. The number of fused-ring (bicyclic) bond motifs is 5. The fourth-order valence-corrected chi connectivity index (χ4v) is 5.91. The summed E-state index contributed by atoms with van der Waals surface area (Å²) < 4.78 is 2.21. The minimum absolute atomic E-state index is 0.0288. The van der Waals surface area contributed by atoms with Gasteiger partial charge in [-0.15, -0.1) is 0 Å². The van der Waals surface area contributed by atoms with Gasteiger partial charge >= 0.3 is 0 Å². The number of hydrogen-bond donors (Lipinski definition) is 0. The molecule has 0 bridgehead atoms. The molecule has 2 fully saturated rings. The number of aliphatic imine (C=N–C) groups is 1. The number of amides is 1. The Morgan fingerprint density at radius 3 is 2.63 bits per heavy atom. The summed E-state index contributed by atoms with van der Waals surface area (Å²) in [6.07, 6.45) is 9.59. The van der Waals surface area contributed by atoms with Crippen LogP contribution in [0.4, 0.5) is 5.82 Å². The summed E-state index contributed by atoms with van der Waals surface area (Å²) in [4.78, 5) is 27.6. The van der Waals surface area contributed by atoms with Crippen LogP contribution in [-0.4, -0.2) is 45.4 Å². The van der Waals surface area contributed by atoms with Crippen LogP contribution < -0.4 is 4.90 Å². The molecule has 156 valence electrons. The van der Waals surface area contributed by atoms with Crippen molar-refractivity contribution in [1.29, 1.82) is 0 Å². The zero-order chi connectivity index (χ0) is 20.2. The quantitative estimate of drug-likeness (QED) is 0.779. The third-order valence-electron chi connectivity index (χ3n) is 7.47. The monoisotopic (exact) mass is 403 g/mol. The van der Waals surface area contributed by atoms with Crippen LogP contribution in [0.5, 0.6) is 0 Å². The van der Waals surface area contributed by atoms with Gasteiger partial charge in [-0.1, -0.05) is 56.0 Å². The highest BCUT2D eigenvalue weighted by molar-refractivity contribution is 6.18. The highest BCUT2D eigenvalue weighted by Crippen LogP contribution is 2.41. The first-order valence-electron chi connectivity index (χ1n) is 11.5. The summed E-state index contributed by atoms with van der Waals surface area (Å²) in [5.41, 5.74) is 1.96. The number of carbonyl (C=O) groups excluding carboxylic acids is 1. The molecule has 2 aromatic rings. The number of nitrogens with zero attached hydrogens (tertiary/aromatic N) is 5. The van der Waals surface area contributed by atoms with Crippen molar-refractivity contribution in [3.8, 4) is 0 Å². The molecule has 3 heterocycles. The molecule has 30 heavy (non-hydrogen) atoms. The zero-order valence-electron chi connectivity index (χ0n) is 17.6. The molecule has 0 N–H and O–H groups in total. The molecule has 0 unspecified atom stereocenters. The van der Waals surface area contributed by atoms with Crippen molar-refractivity contribution in [2.45, 2.75) is 70.0 Å². The maximum Gasteiger partial charge on any atom is 0.280 e. The average Bonchev–Trinajstić information content (AvgIpc) is 3.52. The summed E-state index contributed by atoms with van der Waals surface area (Å²) in [6.45, 7) is 0.694. The third kappa shape index (κ3) is 2.72. The van der Waals surface area contributed by atoms with E-state index in [0.717, 1.165) is 42.6 Å². The highest BCUT2D eigenvalue weighted by atomic mass is 16.2. The molecule has 0 spiro atoms. The maximum atomic E-state index is 13.5. The van der Waals surface area contributed by atoms with E-state index in [4.69, 9.17) is 9.98 Å². The normalized spacial score (nSPS) is 25.5. The largest absolute Gasteiger partial charge is 0.318 e. The zero-order valence-corrected chi connectivity index (χ0v) is 17.6. The summed E-state index contributed by atoms with van der Waals surface area (Å²) in [7, 11) is 1.87. The van der Waals surface area contributed by atoms with Gasteiger partial charge in [0.15, 0.2) is 11.5 Å². The van der Waals surface area contributed by atoms with Crippen LogP contribution in [0.25, 0.3) is 0 Å². The van der Waals surface area contributed by atoms with Crippen LogP contribution >= 0.6 is 0 Å². The molecule has 6 heteroatoms. The highest BCUT2D eigenvalue weighted by Gasteiger charge is 2.49. The van der Waals surface area contributed by atoms with Crippen LogP contribution in [0, 0.1) is 5.92 Å². The molecular formula is C24H29N5O. The van der Waals surface area contributed by atoms with Crippen LogP contribution in [0.1, 0.15) is 66.8 Å². The second-order valence-corrected chi connectivity index (χ2v) is 9.36. The summed E-state index contributed by atoms with van der Waals surface area (Å²) >= 11 is 0. The van der Waals surface area contributed by atoms with E-state index < -0.39 is 0 Å². The average molecular weight is 404 g/mol. The lowest BCUT2D eigenvalue weighted by atomic mass is 10.0. The van der Waals surface area contributed by atoms with Crippen LogP contribution in [-0.2, 0) is 13.0 Å². The van der Waals surface area contributed by atoms with Gasteiger partial charge in [-0.2, -0.15) is 0 Å². The van der Waals surface area contributed by atoms with Gasteiger partial charge in [0.2, 0.25) is 5.96 Å². The Kier molecular flexibility index (Phi) is 4.22. The van der Waals surface area contributed by atoms with E-state index in [0.29, 0.717) is 24.5 Å². The van der Waals surface area contributed by atoms with Gasteiger partial charge in [0.1, 0.15) is 5.82 Å². The van der Waals surface area contributed by atoms with Crippen LogP contribution in [0.15, 0.2) is 35.3 Å². The van der Waals surface area contributed by atoms with Crippen molar-refractivity contribution in [3.05, 3.63) is 47.4 Å². The summed E-state index contributed by atoms with van der Waals surface area (Å²) in [5, 5.41) is 0. The predicted octanol–water partition coefficient (Wildman–Crippen LogP) is 3.85. The van der Waals surface area contributed by atoms with Crippen molar-refractivity contribution in [2.24, 2.45) is 10.9 Å². The fourth-order valence-electron chi connectivity index (χ4n) is 5.91. The van der Waals surface area contributed by atoms with Crippen LogP contribution in [0.2, 0.25) is 0 Å². The topological polar surface area (TPSA) is 53.7 Å². The van der Waals surface area contributed by atoms with Crippen molar-refractivity contribution >= 4 is 17.7 Å². The van der Waals surface area contributed by atoms with Crippen molar-refractivity contribution in [2.75, 3.05) is 11.9 Å². The lowest BCUT2D eigenvalue weighted by molar-refractivity contribution is 0.0854. The Morgan fingerprint density at radius 1 is 1.03 bits per heavy atom. The van der Waals surface area contributed by atoms with E-state index in [2.05, 4.69) is 33.7 Å². The van der Waals surface area contributed by atoms with E-state index in [9.17, 15) is 4.79 Å². The van der Waals surface area contributed by atoms with E-state index in [1.807, 2.05) is 13.1 Å². The van der Waals surface area contributed by atoms with Gasteiger partial charge in [-0.3, -0.25) is 14.6 Å². The molecule has 1 aromatic heterocycles. The molecule has 0 radical (unpaired) electrons. The maximum absolute atomic E-state index is 13.5. The van der Waals surface area contributed by atoms with Gasteiger partial charge < -0.3 is 4.57 Å².